The van der Waals surface area contributed by atoms with E-state index in [-0.39, 0.29) is 38.2 Å². The summed E-state index contributed by atoms with van der Waals surface area (Å²) >= 11 is 0. The standard InChI is InChI=1S/C20H36N8O8/c1-9(2)15(28-16(32)10(21)5-6-14(30)31)18(34)27-12(8-13(22)29)17(33)26-11(19(35)36)4-3-7-25-20(23)24/h9-12,15H,3-8,21H2,1-2H3,(H2,22,29)(H,26,33)(H,27,34)(H,28,32)(H,30,31)(H,35,36)(H4,23,24,25). The number of amides is 4. The number of aliphatic imine (C=N–C) groups is 1. The molecule has 0 rings (SSSR count). The number of nitrogens with zero attached hydrogens (tertiary/aromatic N) is 1. The van der Waals surface area contributed by atoms with E-state index in [0.717, 1.165) is 0 Å². The Morgan fingerprint density at radius 2 is 1.42 bits per heavy atom. The number of rotatable bonds is 17. The Kier molecular flexibility index (Phi) is 14.1. The maximum atomic E-state index is 12.9. The van der Waals surface area contributed by atoms with Crippen molar-refractivity contribution in [2.45, 2.75) is 70.1 Å². The van der Waals surface area contributed by atoms with E-state index >= 15 is 0 Å². The molecule has 4 amide bonds. The molecule has 0 aliphatic heterocycles. The van der Waals surface area contributed by atoms with Crippen molar-refractivity contribution >= 4 is 41.5 Å². The van der Waals surface area contributed by atoms with Crippen molar-refractivity contribution in [3.63, 3.8) is 0 Å². The van der Waals surface area contributed by atoms with E-state index in [1.54, 1.807) is 13.8 Å². The van der Waals surface area contributed by atoms with Crippen LogP contribution in [-0.2, 0) is 28.8 Å². The molecule has 0 aliphatic carbocycles. The van der Waals surface area contributed by atoms with E-state index in [1.807, 2.05) is 0 Å². The van der Waals surface area contributed by atoms with Gasteiger partial charge in [-0.2, -0.15) is 0 Å². The lowest BCUT2D eigenvalue weighted by molar-refractivity contribution is -0.143. The molecule has 13 N–H and O–H groups in total. The minimum absolute atomic E-state index is 0.0476. The Balaban J connectivity index is 5.40. The fourth-order valence-electron chi connectivity index (χ4n) is 2.91. The van der Waals surface area contributed by atoms with E-state index in [4.69, 9.17) is 28.0 Å². The van der Waals surface area contributed by atoms with Gasteiger partial charge in [-0.1, -0.05) is 13.8 Å². The van der Waals surface area contributed by atoms with E-state index in [2.05, 4.69) is 20.9 Å². The van der Waals surface area contributed by atoms with Crippen LogP contribution in [0.15, 0.2) is 4.99 Å². The van der Waals surface area contributed by atoms with Gasteiger partial charge in [0.2, 0.25) is 23.6 Å². The Morgan fingerprint density at radius 3 is 1.89 bits per heavy atom. The number of hydrogen-bond acceptors (Lipinski definition) is 8. The van der Waals surface area contributed by atoms with Gasteiger partial charge < -0.3 is 49.1 Å². The van der Waals surface area contributed by atoms with Gasteiger partial charge in [0.25, 0.3) is 0 Å². The molecule has 0 aliphatic rings. The number of carbonyl (C=O) groups is 6. The maximum Gasteiger partial charge on any atom is 0.326 e. The van der Waals surface area contributed by atoms with Gasteiger partial charge in [0.1, 0.15) is 18.1 Å². The largest absolute Gasteiger partial charge is 0.481 e. The molecular formula is C20H36N8O8. The van der Waals surface area contributed by atoms with E-state index in [9.17, 15) is 33.9 Å². The van der Waals surface area contributed by atoms with Crippen LogP contribution >= 0.6 is 0 Å². The first-order chi connectivity index (χ1) is 16.6. The molecule has 0 bridgehead atoms. The van der Waals surface area contributed by atoms with Crippen LogP contribution < -0.4 is 38.9 Å². The van der Waals surface area contributed by atoms with Gasteiger partial charge in [0, 0.05) is 13.0 Å². The lowest BCUT2D eigenvalue weighted by Gasteiger charge is -2.26. The van der Waals surface area contributed by atoms with Crippen molar-refractivity contribution in [2.75, 3.05) is 6.54 Å². The summed E-state index contributed by atoms with van der Waals surface area (Å²) in [5.41, 5.74) is 21.3. The Bertz CT molecular complexity index is 844. The molecule has 0 heterocycles. The lowest BCUT2D eigenvalue weighted by Crippen LogP contribution is -2.59. The van der Waals surface area contributed by atoms with Gasteiger partial charge >= 0.3 is 11.9 Å². The smallest absolute Gasteiger partial charge is 0.326 e. The number of carbonyl (C=O) groups excluding carboxylic acids is 4. The summed E-state index contributed by atoms with van der Waals surface area (Å²) in [7, 11) is 0. The molecule has 36 heavy (non-hydrogen) atoms. The summed E-state index contributed by atoms with van der Waals surface area (Å²) in [6.45, 7) is 3.30. The van der Waals surface area contributed by atoms with E-state index in [0.29, 0.717) is 0 Å². The van der Waals surface area contributed by atoms with Gasteiger partial charge in [0.15, 0.2) is 5.96 Å². The van der Waals surface area contributed by atoms with Crippen molar-refractivity contribution in [3.8, 4) is 0 Å². The van der Waals surface area contributed by atoms with E-state index < -0.39 is 72.1 Å². The summed E-state index contributed by atoms with van der Waals surface area (Å²) in [5.74, 6) is -6.76. The molecule has 0 aromatic carbocycles. The van der Waals surface area contributed by atoms with Crippen LogP contribution in [0.25, 0.3) is 0 Å². The van der Waals surface area contributed by atoms with E-state index in [1.165, 1.54) is 0 Å². The molecular weight excluding hydrogens is 480 g/mol. The summed E-state index contributed by atoms with van der Waals surface area (Å²) in [4.78, 5) is 75.3. The summed E-state index contributed by atoms with van der Waals surface area (Å²) in [6.07, 6.45) is -1.00. The van der Waals surface area contributed by atoms with Gasteiger partial charge in [-0.25, -0.2) is 4.79 Å². The molecule has 16 heteroatoms. The second-order valence-electron chi connectivity index (χ2n) is 8.35. The van der Waals surface area contributed by atoms with Crippen molar-refractivity contribution in [2.24, 2.45) is 33.8 Å². The monoisotopic (exact) mass is 516 g/mol. The van der Waals surface area contributed by atoms with Crippen molar-refractivity contribution in [3.05, 3.63) is 0 Å². The van der Waals surface area contributed by atoms with Crippen LogP contribution in [-0.4, -0.2) is 82.5 Å². The Labute approximate surface area is 207 Å². The number of nitrogens with one attached hydrogen (secondary N) is 3. The summed E-state index contributed by atoms with van der Waals surface area (Å²) in [6, 6.07) is -5.30. The second-order valence-corrected chi connectivity index (χ2v) is 8.35. The minimum atomic E-state index is -1.53. The number of nitrogens with two attached hydrogens (primary N) is 4. The molecule has 16 nitrogen and oxygen atoms in total. The van der Waals surface area contributed by atoms with Crippen LogP contribution in [0.5, 0.6) is 0 Å². The first-order valence-electron chi connectivity index (χ1n) is 11.1. The van der Waals surface area contributed by atoms with Crippen LogP contribution in [0.4, 0.5) is 0 Å². The van der Waals surface area contributed by atoms with Crippen molar-refractivity contribution in [1.82, 2.24) is 16.0 Å². The quantitative estimate of drug-likeness (QED) is 0.0514. The highest BCUT2D eigenvalue weighted by atomic mass is 16.4. The van der Waals surface area contributed by atoms with Crippen LogP contribution in [0.3, 0.4) is 0 Å². The number of carboxylic acids is 2. The molecule has 4 unspecified atom stereocenters. The Morgan fingerprint density at radius 1 is 0.833 bits per heavy atom. The minimum Gasteiger partial charge on any atom is -0.481 e. The van der Waals surface area contributed by atoms with Crippen LogP contribution in [0.1, 0.15) is 46.0 Å². The third kappa shape index (κ3) is 13.1. The predicted molar refractivity (Wildman–Crippen MR) is 127 cm³/mol. The molecule has 4 atom stereocenters. The zero-order valence-electron chi connectivity index (χ0n) is 20.2. The molecule has 0 radical (unpaired) electrons. The number of aliphatic carboxylic acids is 2. The normalized spacial score (nSPS) is 14.0. The highest BCUT2D eigenvalue weighted by Crippen LogP contribution is 2.06. The third-order valence-corrected chi connectivity index (χ3v) is 4.85. The molecule has 0 aromatic heterocycles. The molecule has 0 spiro atoms. The fraction of sp³-hybridized carbons (Fsp3) is 0.650. The van der Waals surface area contributed by atoms with Crippen LogP contribution in [0.2, 0.25) is 0 Å². The average molecular weight is 517 g/mol. The topological polar surface area (TPSA) is 295 Å². The van der Waals surface area contributed by atoms with Gasteiger partial charge in [0.05, 0.1) is 12.5 Å². The van der Waals surface area contributed by atoms with Gasteiger partial charge in [-0.3, -0.25) is 29.0 Å². The summed E-state index contributed by atoms with van der Waals surface area (Å²) in [5, 5.41) is 25.0. The molecule has 0 fully saturated rings. The van der Waals surface area contributed by atoms with Gasteiger partial charge in [-0.05, 0) is 25.2 Å². The number of guanidine groups is 1. The van der Waals surface area contributed by atoms with Crippen molar-refractivity contribution < 1.29 is 39.0 Å². The molecule has 0 saturated heterocycles. The SMILES string of the molecule is CC(C)C(NC(=O)C(N)CCC(=O)O)C(=O)NC(CC(N)=O)C(=O)NC(CCCN=C(N)N)C(=O)O. The average Bonchev–Trinajstić information content (AvgIpc) is 2.75. The Hall–Kier alpha value is -3.95. The first-order valence-corrected chi connectivity index (χ1v) is 11.1. The highest BCUT2D eigenvalue weighted by Gasteiger charge is 2.32. The predicted octanol–water partition coefficient (Wildman–Crippen LogP) is -3.70. The van der Waals surface area contributed by atoms with Crippen molar-refractivity contribution in [1.29, 1.82) is 0 Å². The van der Waals surface area contributed by atoms with Gasteiger partial charge in [-0.15, -0.1) is 0 Å². The number of carboxylic acid groups (broad SMARTS) is 2. The fourth-order valence-corrected chi connectivity index (χ4v) is 2.91. The first kappa shape index (κ1) is 32.0. The zero-order chi connectivity index (χ0) is 28.0. The highest BCUT2D eigenvalue weighted by molar-refractivity contribution is 5.96. The van der Waals surface area contributed by atoms with Crippen LogP contribution in [0, 0.1) is 5.92 Å². The molecule has 0 saturated carbocycles. The molecule has 204 valence electrons. The number of primary amides is 1. The second kappa shape index (κ2) is 15.9. The zero-order valence-corrected chi connectivity index (χ0v) is 20.2. The molecule has 0 aromatic rings. The third-order valence-electron chi connectivity index (χ3n) is 4.85. The maximum absolute atomic E-state index is 12.9. The summed E-state index contributed by atoms with van der Waals surface area (Å²) < 4.78 is 0. The lowest BCUT2D eigenvalue weighted by atomic mass is 10.0. The number of hydrogen-bond donors (Lipinski definition) is 9.